The number of hydrogen-bond acceptors (Lipinski definition) is 8. The highest BCUT2D eigenvalue weighted by molar-refractivity contribution is 9.10. The molecule has 4 aromatic carbocycles. The normalized spacial score (nSPS) is 17.0. The summed E-state index contributed by atoms with van der Waals surface area (Å²) in [6.07, 6.45) is 3.98. The van der Waals surface area contributed by atoms with Gasteiger partial charge in [-0.1, -0.05) is 70.5 Å². The van der Waals surface area contributed by atoms with Gasteiger partial charge in [-0.2, -0.15) is 0 Å². The molecule has 1 aliphatic heterocycles. The van der Waals surface area contributed by atoms with Crippen LogP contribution >= 0.6 is 15.9 Å². The summed E-state index contributed by atoms with van der Waals surface area (Å²) in [7, 11) is 4.69. The van der Waals surface area contributed by atoms with Crippen LogP contribution in [-0.4, -0.2) is 57.0 Å². The predicted octanol–water partition coefficient (Wildman–Crippen LogP) is 6.91. The molecule has 0 bridgehead atoms. The van der Waals surface area contributed by atoms with E-state index >= 15 is 0 Å². The summed E-state index contributed by atoms with van der Waals surface area (Å²) in [5, 5.41) is 12.2. The Morgan fingerprint density at radius 3 is 2.25 bits per heavy atom. The maximum Gasteiger partial charge on any atom is 0.252 e. The van der Waals surface area contributed by atoms with Crippen molar-refractivity contribution in [1.29, 1.82) is 0 Å². The van der Waals surface area contributed by atoms with Crippen molar-refractivity contribution in [2.24, 2.45) is 4.99 Å². The van der Waals surface area contributed by atoms with Crippen molar-refractivity contribution in [2.75, 3.05) is 34.5 Å². The van der Waals surface area contributed by atoms with Crippen LogP contribution in [0.2, 0.25) is 0 Å². The Hall–Kier alpha value is -4.80. The Morgan fingerprint density at radius 2 is 1.62 bits per heavy atom. The number of rotatable bonds is 15. The minimum atomic E-state index is -1.38. The number of halogens is 1. The van der Waals surface area contributed by atoms with Crippen molar-refractivity contribution in [3.05, 3.63) is 124 Å². The topological polar surface area (TPSA) is 108 Å². The van der Waals surface area contributed by atoms with Crippen molar-refractivity contribution in [2.45, 2.75) is 31.0 Å². The second-order valence-corrected chi connectivity index (χ2v) is 12.0. The summed E-state index contributed by atoms with van der Waals surface area (Å²) < 4.78 is 29.9. The van der Waals surface area contributed by atoms with Crippen molar-refractivity contribution in [3.8, 4) is 23.0 Å². The van der Waals surface area contributed by atoms with Gasteiger partial charge in [-0.3, -0.25) is 4.79 Å². The first-order valence-electron chi connectivity index (χ1n) is 15.6. The Bertz CT molecular complexity index is 1700. The number of nitrogens with zero attached hydrogens (tertiary/aromatic N) is 1. The number of carbonyl (C=O) groups is 1. The zero-order chi connectivity index (χ0) is 33.9. The fraction of sp³-hybridized carbons (Fsp3) is 0.263. The van der Waals surface area contributed by atoms with Gasteiger partial charge in [0.05, 0.1) is 40.0 Å². The number of benzene rings is 4. The molecular formula is C38H39BrN2O7. The number of ether oxygens (including phenoxy) is 5. The Kier molecular flexibility index (Phi) is 11.8. The molecule has 10 heteroatoms. The zero-order valence-corrected chi connectivity index (χ0v) is 28.7. The average molecular weight is 716 g/mol. The highest BCUT2D eigenvalue weighted by Gasteiger charge is 2.52. The number of methoxy groups -OCH3 is 3. The van der Waals surface area contributed by atoms with Crippen LogP contribution in [0.15, 0.2) is 107 Å². The minimum absolute atomic E-state index is 0.0566. The number of aliphatic hydroxyl groups is 1. The second kappa shape index (κ2) is 16.3. The van der Waals surface area contributed by atoms with Gasteiger partial charge in [0.25, 0.3) is 5.91 Å². The fourth-order valence-corrected chi connectivity index (χ4v) is 5.73. The Labute approximate surface area is 289 Å². The first-order chi connectivity index (χ1) is 23.4. The molecule has 0 aromatic heterocycles. The van der Waals surface area contributed by atoms with Gasteiger partial charge in [-0.25, -0.2) is 4.99 Å². The van der Waals surface area contributed by atoms with E-state index in [-0.39, 0.29) is 25.5 Å². The molecule has 2 N–H and O–H groups in total. The summed E-state index contributed by atoms with van der Waals surface area (Å²) in [6, 6.07) is 28.5. The van der Waals surface area contributed by atoms with Gasteiger partial charge >= 0.3 is 0 Å². The van der Waals surface area contributed by atoms with Gasteiger partial charge in [-0.05, 0) is 47.5 Å². The standard InChI is InChI=1S/C38H39BrN2O7/c1-44-31-23-33(45-2)32(34(24-31)46-3)25-40-37(43)38(20-7-11-26-9-5-4-6-10-26)35(27-12-16-29(39)17-13-27)48-36(41-38)28-14-18-30(19-15-28)47-22-8-21-42/h4-7,9-19,23-24,35,42H,8,20-22,25H2,1-3H3,(H,40,43)/b11-7+/t35-,38-/m1/s1. The molecule has 0 saturated heterocycles. The second-order valence-electron chi connectivity index (χ2n) is 11.1. The molecule has 5 rings (SSSR count). The van der Waals surface area contributed by atoms with Crippen molar-refractivity contribution < 1.29 is 33.6 Å². The van der Waals surface area contributed by atoms with Crippen molar-refractivity contribution >= 4 is 33.8 Å². The van der Waals surface area contributed by atoms with E-state index < -0.39 is 11.6 Å². The van der Waals surface area contributed by atoms with Crippen LogP contribution in [-0.2, 0) is 16.1 Å². The lowest BCUT2D eigenvalue weighted by molar-refractivity contribution is -0.129. The molecule has 1 amide bonds. The van der Waals surface area contributed by atoms with Gasteiger partial charge in [0.2, 0.25) is 5.90 Å². The van der Waals surface area contributed by atoms with Crippen molar-refractivity contribution in [1.82, 2.24) is 5.32 Å². The van der Waals surface area contributed by atoms with E-state index in [0.717, 1.165) is 15.6 Å². The van der Waals surface area contributed by atoms with Gasteiger partial charge in [0.15, 0.2) is 11.6 Å². The first kappa shape index (κ1) is 34.5. The van der Waals surface area contributed by atoms with E-state index in [1.54, 1.807) is 33.5 Å². The van der Waals surface area contributed by atoms with Crippen LogP contribution in [0.25, 0.3) is 6.08 Å². The lowest BCUT2D eigenvalue weighted by Gasteiger charge is -2.30. The van der Waals surface area contributed by atoms with Gasteiger partial charge in [0, 0.05) is 41.6 Å². The van der Waals surface area contributed by atoms with Gasteiger partial charge in [-0.15, -0.1) is 0 Å². The van der Waals surface area contributed by atoms with E-state index in [1.807, 2.05) is 91.0 Å². The molecule has 0 spiro atoms. The monoisotopic (exact) mass is 714 g/mol. The van der Waals surface area contributed by atoms with Gasteiger partial charge < -0.3 is 34.1 Å². The molecule has 1 heterocycles. The van der Waals surface area contributed by atoms with Crippen LogP contribution in [0.4, 0.5) is 0 Å². The molecule has 0 fully saturated rings. The highest BCUT2D eigenvalue weighted by atomic mass is 79.9. The van der Waals surface area contributed by atoms with Crippen LogP contribution in [0.3, 0.4) is 0 Å². The van der Waals surface area contributed by atoms with Gasteiger partial charge in [0.1, 0.15) is 23.0 Å². The maximum absolute atomic E-state index is 14.6. The summed E-state index contributed by atoms with van der Waals surface area (Å²) in [5.74, 6) is 2.27. The van der Waals surface area contributed by atoms with E-state index in [9.17, 15) is 4.79 Å². The van der Waals surface area contributed by atoms with Crippen LogP contribution in [0.1, 0.15) is 41.2 Å². The molecule has 4 aromatic rings. The summed E-state index contributed by atoms with van der Waals surface area (Å²) >= 11 is 3.53. The molecule has 250 valence electrons. The number of nitrogens with one attached hydrogen (secondary N) is 1. The summed E-state index contributed by atoms with van der Waals surface area (Å²) in [5.41, 5.74) is 1.78. The minimum Gasteiger partial charge on any atom is -0.496 e. The van der Waals surface area contributed by atoms with Crippen molar-refractivity contribution in [3.63, 3.8) is 0 Å². The molecule has 48 heavy (non-hydrogen) atoms. The molecule has 0 unspecified atom stereocenters. The Balaban J connectivity index is 1.55. The number of carbonyl (C=O) groups excluding carboxylic acids is 1. The smallest absolute Gasteiger partial charge is 0.252 e. The third kappa shape index (κ3) is 8.00. The fourth-order valence-electron chi connectivity index (χ4n) is 5.47. The van der Waals surface area contributed by atoms with Crippen LogP contribution in [0.5, 0.6) is 23.0 Å². The summed E-state index contributed by atoms with van der Waals surface area (Å²) in [6.45, 7) is 0.567. The van der Waals surface area contributed by atoms with E-state index in [4.69, 9.17) is 33.8 Å². The Morgan fingerprint density at radius 1 is 0.938 bits per heavy atom. The number of aliphatic hydroxyl groups excluding tert-OH is 1. The van der Waals surface area contributed by atoms with E-state index in [1.165, 1.54) is 0 Å². The third-order valence-corrected chi connectivity index (χ3v) is 8.51. The van der Waals surface area contributed by atoms with Crippen LogP contribution < -0.4 is 24.3 Å². The van der Waals surface area contributed by atoms with E-state index in [0.29, 0.717) is 53.1 Å². The third-order valence-electron chi connectivity index (χ3n) is 7.98. The van der Waals surface area contributed by atoms with E-state index in [2.05, 4.69) is 21.2 Å². The molecule has 0 saturated carbocycles. The number of hydrogen-bond donors (Lipinski definition) is 2. The number of aliphatic imine (C=N–C) groups is 1. The average Bonchev–Trinajstić information content (AvgIpc) is 3.52. The quantitative estimate of drug-likeness (QED) is 0.129. The first-order valence-corrected chi connectivity index (χ1v) is 16.3. The predicted molar refractivity (Wildman–Crippen MR) is 189 cm³/mol. The molecule has 9 nitrogen and oxygen atoms in total. The zero-order valence-electron chi connectivity index (χ0n) is 27.1. The lowest BCUT2D eigenvalue weighted by Crippen LogP contribution is -2.47. The molecular weight excluding hydrogens is 676 g/mol. The lowest BCUT2D eigenvalue weighted by atomic mass is 9.84. The highest BCUT2D eigenvalue weighted by Crippen LogP contribution is 2.44. The SMILES string of the molecule is COc1cc(OC)c(CNC(=O)[C@]2(C/C=C/c3ccccc3)N=C(c3ccc(OCCCO)cc3)O[C@@H]2c2ccc(Br)cc2)c(OC)c1. The molecule has 0 radical (unpaired) electrons. The molecule has 1 aliphatic rings. The molecule has 2 atom stereocenters. The summed E-state index contributed by atoms with van der Waals surface area (Å²) in [4.78, 5) is 19.7. The largest absolute Gasteiger partial charge is 0.496 e. The molecule has 0 aliphatic carbocycles. The number of amides is 1. The van der Waals surface area contributed by atoms with Crippen LogP contribution in [0, 0.1) is 0 Å². The maximum atomic E-state index is 14.6.